The molecule has 9 nitrogen and oxygen atoms in total. The van der Waals surface area contributed by atoms with Gasteiger partial charge in [0.25, 0.3) is 5.91 Å². The van der Waals surface area contributed by atoms with Crippen LogP contribution in [0.2, 0.25) is 0 Å². The van der Waals surface area contributed by atoms with Crippen LogP contribution in [0.4, 0.5) is 25.0 Å². The van der Waals surface area contributed by atoms with Gasteiger partial charge >= 0.3 is 6.03 Å². The molecule has 0 radical (unpaired) electrons. The highest BCUT2D eigenvalue weighted by molar-refractivity contribution is 8.32. The second kappa shape index (κ2) is 11.8. The van der Waals surface area contributed by atoms with Crippen molar-refractivity contribution in [2.75, 3.05) is 54.0 Å². The Morgan fingerprint density at radius 3 is 2.35 bits per heavy atom. The van der Waals surface area contributed by atoms with E-state index in [9.17, 15) is 14.4 Å². The van der Waals surface area contributed by atoms with Crippen molar-refractivity contribution in [3.05, 3.63) is 77.6 Å². The van der Waals surface area contributed by atoms with Crippen molar-refractivity contribution in [1.29, 1.82) is 0 Å². The zero-order chi connectivity index (χ0) is 30.9. The molecule has 12 heteroatoms. The summed E-state index contributed by atoms with van der Waals surface area (Å²) in [6, 6.07) is 9.93. The Balaban J connectivity index is 1.32. The Hall–Kier alpha value is -4.21. The minimum atomic E-state index is -1.54. The number of anilines is 2. The predicted octanol–water partition coefficient (Wildman–Crippen LogP) is 4.19. The van der Waals surface area contributed by atoms with Crippen molar-refractivity contribution < 1.29 is 27.9 Å². The number of ether oxygens (including phenoxy) is 1. The van der Waals surface area contributed by atoms with Crippen molar-refractivity contribution in [3.63, 3.8) is 0 Å². The summed E-state index contributed by atoms with van der Waals surface area (Å²) in [6.07, 6.45) is 9.38. The number of halogens is 2. The molecule has 226 valence electrons. The molecular formula is C31H33F2N5O4S. The smallest absolute Gasteiger partial charge is 0.332 e. The molecule has 0 bridgehead atoms. The van der Waals surface area contributed by atoms with Crippen molar-refractivity contribution in [2.45, 2.75) is 25.6 Å². The van der Waals surface area contributed by atoms with Gasteiger partial charge in [-0.2, -0.15) is 5.10 Å². The highest BCUT2D eigenvalue weighted by Gasteiger charge is 2.56. The van der Waals surface area contributed by atoms with Crippen molar-refractivity contribution in [2.24, 2.45) is 0 Å². The zero-order valence-corrected chi connectivity index (χ0v) is 25.3. The van der Waals surface area contributed by atoms with E-state index in [1.807, 2.05) is 6.07 Å². The summed E-state index contributed by atoms with van der Waals surface area (Å²) >= 11 is 0. The lowest BCUT2D eigenvalue weighted by Gasteiger charge is -2.51. The lowest BCUT2D eigenvalue weighted by molar-refractivity contribution is -0.137. The molecule has 0 aliphatic carbocycles. The van der Waals surface area contributed by atoms with Crippen molar-refractivity contribution in [3.8, 4) is 11.8 Å². The monoisotopic (exact) mass is 609 g/mol. The van der Waals surface area contributed by atoms with Gasteiger partial charge in [-0.1, -0.05) is 30.0 Å². The van der Waals surface area contributed by atoms with E-state index in [0.29, 0.717) is 22.8 Å². The fraction of sp³-hybridized carbons (Fsp3) is 0.355. The number of fused-ring (bicyclic) bond motifs is 1. The van der Waals surface area contributed by atoms with E-state index in [0.717, 1.165) is 17.9 Å². The molecule has 43 heavy (non-hydrogen) atoms. The Labute approximate surface area is 250 Å². The molecule has 0 saturated carbocycles. The molecule has 4 amide bonds. The molecule has 5 rings (SSSR count). The molecule has 1 aromatic heterocycles. The van der Waals surface area contributed by atoms with Crippen LogP contribution in [0.15, 0.2) is 54.9 Å². The summed E-state index contributed by atoms with van der Waals surface area (Å²) in [6.45, 7) is 2.47. The van der Waals surface area contributed by atoms with Crippen LogP contribution in [-0.2, 0) is 21.1 Å². The summed E-state index contributed by atoms with van der Waals surface area (Å²) in [5, 5.41) is 4.28. The fourth-order valence-corrected chi connectivity index (χ4v) is 5.66. The van der Waals surface area contributed by atoms with Gasteiger partial charge in [-0.05, 0) is 50.0 Å². The Morgan fingerprint density at radius 2 is 1.67 bits per heavy atom. The highest BCUT2D eigenvalue weighted by atomic mass is 32.3. The number of nitrogens with zero attached hydrogens (tertiary/aromatic N) is 5. The number of rotatable bonds is 7. The molecule has 2 saturated heterocycles. The summed E-state index contributed by atoms with van der Waals surface area (Å²) < 4.78 is 37.8. The van der Waals surface area contributed by atoms with Gasteiger partial charge in [0.15, 0.2) is 11.6 Å². The summed E-state index contributed by atoms with van der Waals surface area (Å²) in [5.74, 6) is 2.90. The van der Waals surface area contributed by atoms with Crippen LogP contribution >= 0.6 is 10.0 Å². The van der Waals surface area contributed by atoms with Crippen LogP contribution in [0.1, 0.15) is 24.5 Å². The van der Waals surface area contributed by atoms with Crippen molar-refractivity contribution >= 4 is 39.2 Å². The Bertz CT molecular complexity index is 1600. The maximum atomic E-state index is 15.3. The molecular weight excluding hydrogens is 576 g/mol. The average Bonchev–Trinajstić information content (AvgIpc) is 3.41. The molecule has 0 N–H and O–H groups in total. The number of hydrogen-bond donors (Lipinski definition) is 0. The molecule has 2 aromatic carbocycles. The van der Waals surface area contributed by atoms with Gasteiger partial charge < -0.3 is 14.5 Å². The predicted molar refractivity (Wildman–Crippen MR) is 162 cm³/mol. The second-order valence-electron chi connectivity index (χ2n) is 11.5. The number of carbonyl (C=O) groups is 3. The number of benzene rings is 2. The SMILES string of the molecule is C[C@@]12CC(=O)N(c3c(F)cc(C#Cc4ccccc4)cc3F)C(=O)N1CCN(c1cnn(COCCS(C)(C)C)c1)C2=O. The van der Waals surface area contributed by atoms with E-state index < -0.39 is 57.2 Å². The van der Waals surface area contributed by atoms with E-state index in [1.54, 1.807) is 35.1 Å². The minimum Gasteiger partial charge on any atom is -0.358 e. The minimum absolute atomic E-state index is 0.0464. The summed E-state index contributed by atoms with van der Waals surface area (Å²) in [7, 11) is -0.683. The van der Waals surface area contributed by atoms with Gasteiger partial charge in [0, 0.05) is 30.0 Å². The van der Waals surface area contributed by atoms with Gasteiger partial charge in [-0.25, -0.2) is 33.2 Å². The third-order valence-electron chi connectivity index (χ3n) is 7.38. The van der Waals surface area contributed by atoms with E-state index in [4.69, 9.17) is 4.74 Å². The molecule has 0 unspecified atom stereocenters. The lowest BCUT2D eigenvalue weighted by Crippen LogP contribution is -2.72. The third-order valence-corrected chi connectivity index (χ3v) is 8.77. The van der Waals surface area contributed by atoms with Gasteiger partial charge in [-0.15, -0.1) is 0 Å². The fourth-order valence-electron chi connectivity index (χ4n) is 5.05. The topological polar surface area (TPSA) is 88.0 Å². The maximum Gasteiger partial charge on any atom is 0.332 e. The molecule has 3 heterocycles. The van der Waals surface area contributed by atoms with Crippen LogP contribution in [0.5, 0.6) is 0 Å². The normalized spacial score (nSPS) is 19.3. The van der Waals surface area contributed by atoms with Crippen LogP contribution in [0, 0.1) is 23.5 Å². The average molecular weight is 610 g/mol. The first-order valence-electron chi connectivity index (χ1n) is 13.7. The Kier molecular flexibility index (Phi) is 8.31. The van der Waals surface area contributed by atoms with E-state index >= 15 is 8.78 Å². The number of carbonyl (C=O) groups excluding carboxylic acids is 3. The number of amides is 4. The largest absolute Gasteiger partial charge is 0.358 e. The third kappa shape index (κ3) is 6.28. The molecule has 2 aliphatic rings. The second-order valence-corrected chi connectivity index (χ2v) is 16.1. The van der Waals surface area contributed by atoms with Crippen molar-refractivity contribution in [1.82, 2.24) is 14.7 Å². The van der Waals surface area contributed by atoms with E-state index in [-0.39, 0.29) is 25.4 Å². The molecule has 2 fully saturated rings. The molecule has 2 aliphatic heterocycles. The number of urea groups is 1. The Morgan fingerprint density at radius 1 is 1.00 bits per heavy atom. The first-order chi connectivity index (χ1) is 20.4. The number of imide groups is 1. The van der Waals surface area contributed by atoms with Crippen LogP contribution in [0.25, 0.3) is 0 Å². The van der Waals surface area contributed by atoms with Crippen LogP contribution < -0.4 is 9.80 Å². The summed E-state index contributed by atoms with van der Waals surface area (Å²) in [4.78, 5) is 43.7. The van der Waals surface area contributed by atoms with Gasteiger partial charge in [0.05, 0.1) is 31.1 Å². The number of aromatic nitrogens is 2. The number of piperazine rings is 1. The van der Waals surface area contributed by atoms with Gasteiger partial charge in [0.2, 0.25) is 5.91 Å². The first kappa shape index (κ1) is 30.3. The van der Waals surface area contributed by atoms with Crippen LogP contribution in [0.3, 0.4) is 0 Å². The zero-order valence-electron chi connectivity index (χ0n) is 24.5. The quantitative estimate of drug-likeness (QED) is 0.296. The first-order valence-corrected chi connectivity index (χ1v) is 16.7. The molecule has 3 aromatic rings. The maximum absolute atomic E-state index is 15.3. The van der Waals surface area contributed by atoms with Gasteiger partial charge in [-0.3, -0.25) is 9.59 Å². The lowest BCUT2D eigenvalue weighted by atomic mass is 9.88. The summed E-state index contributed by atoms with van der Waals surface area (Å²) in [5.41, 5.74) is -1.11. The van der Waals surface area contributed by atoms with E-state index in [2.05, 4.69) is 35.7 Å². The van der Waals surface area contributed by atoms with Gasteiger partial charge in [0.1, 0.15) is 18.0 Å². The standard InChI is InChI=1S/C31H33F2N5O4S/c1-31-18-27(39)38(28-25(32)16-23(17-26(28)33)11-10-22-8-6-5-7-9-22)30(41)37(31)13-12-36(29(31)40)24-19-34-35(20-24)21-42-14-15-43(2,3)4/h5-9,16-17,19-20H,12-15,18,21H2,1-4H3/t31-/m0/s1. The molecule has 0 spiro atoms. The van der Waals surface area contributed by atoms with Crippen LogP contribution in [-0.4, -0.2) is 82.3 Å². The highest BCUT2D eigenvalue weighted by Crippen LogP contribution is 2.38. The van der Waals surface area contributed by atoms with E-state index in [1.165, 1.54) is 22.9 Å². The number of hydrogen-bond acceptors (Lipinski definition) is 5. The molecule has 1 atom stereocenters.